The van der Waals surface area contributed by atoms with Crippen LogP contribution in [0, 0.1) is 0 Å². The maximum Gasteiger partial charge on any atom is 0.261 e. The van der Waals surface area contributed by atoms with Crippen molar-refractivity contribution in [2.75, 3.05) is 0 Å². The molecule has 1 aromatic rings. The van der Waals surface area contributed by atoms with Crippen LogP contribution in [0.3, 0.4) is 0 Å². The van der Waals surface area contributed by atoms with Crippen LogP contribution in [0.4, 0.5) is 0 Å². The van der Waals surface area contributed by atoms with Gasteiger partial charge in [-0.05, 0) is 22.2 Å². The number of hydrogen-bond donors (Lipinski definition) is 0. The zero-order valence-electron chi connectivity index (χ0n) is 8.82. The first-order valence-electron chi connectivity index (χ1n) is 4.77. The normalized spacial score (nSPS) is 11.6. The van der Waals surface area contributed by atoms with E-state index in [0.717, 1.165) is 0 Å². The molecule has 0 aliphatic rings. The molecule has 0 saturated carbocycles. The number of thiophene rings is 1. The Labute approximate surface area is 86.0 Å². The number of nitrogens with zero attached hydrogens (tertiary/aromatic N) is 1. The van der Waals surface area contributed by atoms with Gasteiger partial charge in [-0.25, -0.2) is 0 Å². The molecule has 71 valence electrons. The summed E-state index contributed by atoms with van der Waals surface area (Å²) in [6, 6.07) is 5.39. The molecule has 0 aliphatic carbocycles. The number of hydrogen-bond acceptors (Lipinski definition) is 2. The Balaban J connectivity index is 2.58. The first-order valence-corrected chi connectivity index (χ1v) is 5.65. The summed E-state index contributed by atoms with van der Waals surface area (Å²) in [5.41, 5.74) is 0. The fourth-order valence-electron chi connectivity index (χ4n) is 1.41. The molecule has 3 heteroatoms. The highest BCUT2D eigenvalue weighted by Gasteiger charge is 2.15. The Morgan fingerprint density at radius 3 is 2.23 bits per heavy atom. The van der Waals surface area contributed by atoms with E-state index >= 15 is 0 Å². The van der Waals surface area contributed by atoms with Crippen molar-refractivity contribution < 1.29 is 0 Å². The third-order valence-electron chi connectivity index (χ3n) is 2.01. The Morgan fingerprint density at radius 1 is 1.23 bits per heavy atom. The molecule has 1 heterocycles. The lowest BCUT2D eigenvalue weighted by atomic mass is 9.85. The van der Waals surface area contributed by atoms with Crippen molar-refractivity contribution in [1.82, 2.24) is 4.81 Å². The number of rotatable bonds is 4. The lowest BCUT2D eigenvalue weighted by Crippen LogP contribution is -2.44. The van der Waals surface area contributed by atoms with Crippen molar-refractivity contribution in [2.24, 2.45) is 0 Å². The quantitative estimate of drug-likeness (QED) is 0.663. The van der Waals surface area contributed by atoms with Gasteiger partial charge in [0.2, 0.25) is 0 Å². The molecule has 1 radical (unpaired) electrons. The summed E-state index contributed by atoms with van der Waals surface area (Å²) in [7, 11) is 2.25. The van der Waals surface area contributed by atoms with Gasteiger partial charge in [0.05, 0.1) is 0 Å². The van der Waals surface area contributed by atoms with Crippen LogP contribution in [0.5, 0.6) is 0 Å². The Bertz CT molecular complexity index is 223. The van der Waals surface area contributed by atoms with E-state index in [2.05, 4.69) is 57.4 Å². The van der Waals surface area contributed by atoms with Gasteiger partial charge in [-0.15, -0.1) is 0 Å². The summed E-state index contributed by atoms with van der Waals surface area (Å²) < 4.78 is 1.34. The third-order valence-corrected chi connectivity index (χ3v) is 2.82. The molecule has 0 saturated heterocycles. The summed E-state index contributed by atoms with van der Waals surface area (Å²) in [4.78, 5) is 2.38. The summed E-state index contributed by atoms with van der Waals surface area (Å²) >= 11 is 1.79. The van der Waals surface area contributed by atoms with E-state index in [1.54, 1.807) is 11.3 Å². The molecule has 0 aromatic carbocycles. The minimum Gasteiger partial charge on any atom is -0.337 e. The summed E-state index contributed by atoms with van der Waals surface area (Å²) in [6.45, 7) is 8.91. The van der Waals surface area contributed by atoms with Gasteiger partial charge in [-0.2, -0.15) is 11.3 Å². The molecule has 1 aromatic heterocycles. The Kier molecular flexibility index (Phi) is 4.01. The predicted molar refractivity (Wildman–Crippen MR) is 61.8 cm³/mol. The van der Waals surface area contributed by atoms with E-state index in [4.69, 9.17) is 0 Å². The molecular weight excluding hydrogens is 177 g/mol. The second-order valence-electron chi connectivity index (χ2n) is 3.78. The predicted octanol–water partition coefficient (Wildman–Crippen LogP) is 2.11. The van der Waals surface area contributed by atoms with Crippen molar-refractivity contribution in [3.8, 4) is 0 Å². The van der Waals surface area contributed by atoms with E-state index < -0.39 is 0 Å². The molecule has 0 unspecified atom stereocenters. The lowest BCUT2D eigenvalue weighted by Gasteiger charge is -2.29. The maximum absolute atomic E-state index is 2.38. The fourth-order valence-corrected chi connectivity index (χ4v) is 2.06. The minimum absolute atomic E-state index is 0.571. The average Bonchev–Trinajstić information content (AvgIpc) is 2.50. The van der Waals surface area contributed by atoms with Crippen molar-refractivity contribution in [1.29, 1.82) is 0 Å². The van der Waals surface area contributed by atoms with E-state index in [-0.39, 0.29) is 0 Å². The second-order valence-corrected chi connectivity index (χ2v) is 4.76. The Hall–Kier alpha value is -0.275. The van der Waals surface area contributed by atoms with E-state index in [1.165, 1.54) is 4.78 Å². The van der Waals surface area contributed by atoms with Gasteiger partial charge in [0.1, 0.15) is 0 Å². The molecule has 0 bridgehead atoms. The molecule has 0 spiro atoms. The second kappa shape index (κ2) is 4.82. The maximum atomic E-state index is 2.38. The monoisotopic (exact) mass is 194 g/mol. The highest BCUT2D eigenvalue weighted by molar-refractivity contribution is 7.19. The first kappa shape index (κ1) is 10.8. The highest BCUT2D eigenvalue weighted by atomic mass is 32.1. The van der Waals surface area contributed by atoms with E-state index in [1.807, 2.05) is 0 Å². The van der Waals surface area contributed by atoms with Crippen LogP contribution < -0.4 is 4.78 Å². The lowest BCUT2D eigenvalue weighted by molar-refractivity contribution is 0.315. The van der Waals surface area contributed by atoms with Crippen LogP contribution in [0.25, 0.3) is 0 Å². The molecule has 0 aliphatic heterocycles. The zero-order chi connectivity index (χ0) is 9.84. The molecule has 0 N–H and O–H groups in total. The van der Waals surface area contributed by atoms with Crippen molar-refractivity contribution in [3.05, 3.63) is 17.5 Å². The van der Waals surface area contributed by atoms with Gasteiger partial charge < -0.3 is 4.81 Å². The highest BCUT2D eigenvalue weighted by Crippen LogP contribution is 2.04. The van der Waals surface area contributed by atoms with Gasteiger partial charge >= 0.3 is 0 Å². The van der Waals surface area contributed by atoms with Gasteiger partial charge in [-0.1, -0.05) is 39.8 Å². The van der Waals surface area contributed by atoms with Crippen LogP contribution in [-0.4, -0.2) is 24.3 Å². The van der Waals surface area contributed by atoms with Crippen LogP contribution in [0.1, 0.15) is 27.7 Å². The summed E-state index contributed by atoms with van der Waals surface area (Å²) in [5.74, 6) is 0. The first-order chi connectivity index (χ1) is 6.11. The van der Waals surface area contributed by atoms with Gasteiger partial charge in [0.15, 0.2) is 0 Å². The minimum atomic E-state index is 0.571. The van der Waals surface area contributed by atoms with Gasteiger partial charge in [0, 0.05) is 0 Å². The molecule has 1 rings (SSSR count). The molecular formula is C10H17BNS. The zero-order valence-corrected chi connectivity index (χ0v) is 9.64. The van der Waals surface area contributed by atoms with E-state index in [9.17, 15) is 0 Å². The van der Waals surface area contributed by atoms with Crippen LogP contribution >= 0.6 is 11.3 Å². The molecule has 13 heavy (non-hydrogen) atoms. The van der Waals surface area contributed by atoms with Gasteiger partial charge in [0.25, 0.3) is 7.41 Å². The van der Waals surface area contributed by atoms with Crippen LogP contribution in [0.2, 0.25) is 0 Å². The standard InChI is InChI=1S/C10H17BNS/c1-8(2)12(9(3)4)11-10-6-5-7-13-10/h5-9H,1-4H3. The van der Waals surface area contributed by atoms with Crippen molar-refractivity contribution in [2.45, 2.75) is 39.8 Å². The summed E-state index contributed by atoms with van der Waals surface area (Å²) in [6.07, 6.45) is 0. The van der Waals surface area contributed by atoms with Crippen molar-refractivity contribution >= 4 is 23.5 Å². The van der Waals surface area contributed by atoms with Crippen LogP contribution in [-0.2, 0) is 0 Å². The average molecular weight is 194 g/mol. The molecule has 1 nitrogen and oxygen atoms in total. The largest absolute Gasteiger partial charge is 0.337 e. The van der Waals surface area contributed by atoms with Crippen molar-refractivity contribution in [3.63, 3.8) is 0 Å². The smallest absolute Gasteiger partial charge is 0.261 e. The van der Waals surface area contributed by atoms with E-state index in [0.29, 0.717) is 12.1 Å². The molecule has 0 amide bonds. The third kappa shape index (κ3) is 3.16. The topological polar surface area (TPSA) is 3.24 Å². The van der Waals surface area contributed by atoms with Gasteiger partial charge in [-0.3, -0.25) is 0 Å². The molecule has 0 fully saturated rings. The SMILES string of the molecule is CC(C)N([B]c1cccs1)C(C)C. The molecule has 0 atom stereocenters. The van der Waals surface area contributed by atoms with Crippen LogP contribution in [0.15, 0.2) is 17.5 Å². The fraction of sp³-hybridized carbons (Fsp3) is 0.600. The summed E-state index contributed by atoms with van der Waals surface area (Å²) in [5, 5.41) is 2.12. The Morgan fingerprint density at radius 2 is 1.85 bits per heavy atom.